The standard InChI is InChI=1S/C16H29N2O3/c1-6-16(2,3)9-7-14(20)17-15-12(19)11-21-13(15)8-10-18(4)5/h7,13,15H,6,8-11H2,1-5H3,(H,17,20). The van der Waals surface area contributed by atoms with Crippen LogP contribution in [0.1, 0.15) is 40.0 Å². The van der Waals surface area contributed by atoms with E-state index in [0.717, 1.165) is 19.4 Å². The van der Waals surface area contributed by atoms with E-state index in [1.165, 1.54) is 0 Å². The van der Waals surface area contributed by atoms with E-state index in [0.29, 0.717) is 6.42 Å². The van der Waals surface area contributed by atoms with E-state index < -0.39 is 6.04 Å². The number of Topliss-reactive ketones (excluding diaryl/α,β-unsaturated/α-hetero) is 1. The van der Waals surface area contributed by atoms with E-state index in [4.69, 9.17) is 4.74 Å². The Morgan fingerprint density at radius 1 is 1.48 bits per heavy atom. The lowest BCUT2D eigenvalue weighted by Crippen LogP contribution is -2.45. The first-order valence-electron chi connectivity index (χ1n) is 7.68. The number of ether oxygens (including phenoxy) is 1. The quantitative estimate of drug-likeness (QED) is 0.736. The van der Waals surface area contributed by atoms with Crippen LogP contribution in [-0.2, 0) is 14.3 Å². The highest BCUT2D eigenvalue weighted by Gasteiger charge is 2.36. The predicted molar refractivity (Wildman–Crippen MR) is 82.8 cm³/mol. The molecule has 0 aromatic heterocycles. The van der Waals surface area contributed by atoms with Gasteiger partial charge in [-0.15, -0.1) is 0 Å². The molecule has 2 atom stereocenters. The summed E-state index contributed by atoms with van der Waals surface area (Å²) < 4.78 is 5.49. The Hall–Kier alpha value is -0.940. The van der Waals surface area contributed by atoms with Gasteiger partial charge in [0.1, 0.15) is 12.6 Å². The van der Waals surface area contributed by atoms with Gasteiger partial charge < -0.3 is 15.0 Å². The van der Waals surface area contributed by atoms with E-state index in [1.54, 1.807) is 6.42 Å². The maximum Gasteiger partial charge on any atom is 0.224 e. The fourth-order valence-corrected chi connectivity index (χ4v) is 2.12. The van der Waals surface area contributed by atoms with Gasteiger partial charge in [-0.25, -0.2) is 0 Å². The van der Waals surface area contributed by atoms with Crippen molar-refractivity contribution >= 4 is 11.7 Å². The second-order valence-corrected chi connectivity index (χ2v) is 6.82. The van der Waals surface area contributed by atoms with Crippen LogP contribution in [0.2, 0.25) is 0 Å². The third kappa shape index (κ3) is 6.14. The highest BCUT2D eigenvalue weighted by atomic mass is 16.5. The largest absolute Gasteiger partial charge is 0.368 e. The zero-order valence-electron chi connectivity index (χ0n) is 13.9. The summed E-state index contributed by atoms with van der Waals surface area (Å²) in [5, 5.41) is 2.81. The second kappa shape index (κ2) is 7.90. The topological polar surface area (TPSA) is 58.6 Å². The molecule has 0 bridgehead atoms. The maximum absolute atomic E-state index is 12.0. The van der Waals surface area contributed by atoms with Crippen LogP contribution in [0.25, 0.3) is 0 Å². The summed E-state index contributed by atoms with van der Waals surface area (Å²) in [6, 6.07) is -0.501. The molecule has 1 N–H and O–H groups in total. The number of ketones is 1. The molecule has 1 rings (SSSR count). The van der Waals surface area contributed by atoms with Crippen LogP contribution < -0.4 is 5.32 Å². The number of amides is 1. The first kappa shape index (κ1) is 18.1. The van der Waals surface area contributed by atoms with E-state index in [1.807, 2.05) is 19.0 Å². The Morgan fingerprint density at radius 2 is 2.14 bits per heavy atom. The molecule has 0 spiro atoms. The van der Waals surface area contributed by atoms with Crippen molar-refractivity contribution in [2.75, 3.05) is 27.2 Å². The minimum atomic E-state index is -0.501. The van der Waals surface area contributed by atoms with Gasteiger partial charge in [-0.3, -0.25) is 9.59 Å². The Labute approximate surface area is 128 Å². The average molecular weight is 297 g/mol. The third-order valence-electron chi connectivity index (χ3n) is 4.11. The van der Waals surface area contributed by atoms with Crippen LogP contribution in [0.15, 0.2) is 0 Å². The summed E-state index contributed by atoms with van der Waals surface area (Å²) in [4.78, 5) is 25.9. The van der Waals surface area contributed by atoms with Crippen LogP contribution in [0.4, 0.5) is 0 Å². The van der Waals surface area contributed by atoms with Gasteiger partial charge in [0.05, 0.1) is 12.5 Å². The van der Waals surface area contributed by atoms with Crippen molar-refractivity contribution in [1.29, 1.82) is 0 Å². The van der Waals surface area contributed by atoms with E-state index in [-0.39, 0.29) is 29.8 Å². The van der Waals surface area contributed by atoms with Crippen molar-refractivity contribution in [3.8, 4) is 0 Å². The Bertz CT molecular complexity index is 367. The normalized spacial score (nSPS) is 22.9. The smallest absolute Gasteiger partial charge is 0.224 e. The molecular formula is C16H29N2O3. The molecule has 21 heavy (non-hydrogen) atoms. The molecule has 1 aliphatic heterocycles. The summed E-state index contributed by atoms with van der Waals surface area (Å²) in [7, 11) is 3.95. The minimum absolute atomic E-state index is 0.0322. The molecule has 121 valence electrons. The van der Waals surface area contributed by atoms with Crippen LogP contribution in [0, 0.1) is 11.8 Å². The summed E-state index contributed by atoms with van der Waals surface area (Å²) in [6.07, 6.45) is 3.89. The summed E-state index contributed by atoms with van der Waals surface area (Å²) >= 11 is 0. The zero-order valence-corrected chi connectivity index (χ0v) is 13.9. The number of carbonyl (C=O) groups excluding carboxylic acids is 2. The molecule has 0 saturated carbocycles. The van der Waals surface area contributed by atoms with Gasteiger partial charge in [0.15, 0.2) is 5.78 Å². The van der Waals surface area contributed by atoms with E-state index in [2.05, 4.69) is 26.1 Å². The Balaban J connectivity index is 2.46. The number of hydrogen-bond donors (Lipinski definition) is 1. The third-order valence-corrected chi connectivity index (χ3v) is 4.11. The van der Waals surface area contributed by atoms with Gasteiger partial charge in [-0.2, -0.15) is 0 Å². The number of nitrogens with zero attached hydrogens (tertiary/aromatic N) is 1. The first-order valence-corrected chi connectivity index (χ1v) is 7.68. The zero-order chi connectivity index (χ0) is 16.0. The lowest BCUT2D eigenvalue weighted by atomic mass is 9.85. The van der Waals surface area contributed by atoms with Gasteiger partial charge in [0.25, 0.3) is 0 Å². The Kier molecular flexibility index (Phi) is 6.81. The molecule has 1 fully saturated rings. The lowest BCUT2D eigenvalue weighted by molar-refractivity contribution is -0.124. The van der Waals surface area contributed by atoms with Crippen molar-refractivity contribution in [3.05, 3.63) is 6.42 Å². The predicted octanol–water partition coefficient (Wildman–Crippen LogP) is 1.42. The lowest BCUT2D eigenvalue weighted by Gasteiger charge is -2.23. The van der Waals surface area contributed by atoms with Gasteiger partial charge in [0, 0.05) is 6.54 Å². The molecule has 1 aliphatic rings. The average Bonchev–Trinajstić information content (AvgIpc) is 2.75. The second-order valence-electron chi connectivity index (χ2n) is 6.82. The fraction of sp³-hybridized carbons (Fsp3) is 0.812. The highest BCUT2D eigenvalue weighted by Crippen LogP contribution is 2.25. The molecule has 5 heteroatoms. The van der Waals surface area contributed by atoms with E-state index >= 15 is 0 Å². The summed E-state index contributed by atoms with van der Waals surface area (Å²) in [5.41, 5.74) is 0.109. The SMILES string of the molecule is CCC(C)(C)C[CH]C(=O)NC1C(=O)COC1CCN(C)C. The molecular weight excluding hydrogens is 268 g/mol. The summed E-state index contributed by atoms with van der Waals surface area (Å²) in [6.45, 7) is 7.29. The van der Waals surface area contributed by atoms with Crippen LogP contribution >= 0.6 is 0 Å². The number of carbonyl (C=O) groups is 2. The number of rotatable bonds is 8. The molecule has 1 heterocycles. The molecule has 2 unspecified atom stereocenters. The highest BCUT2D eigenvalue weighted by molar-refractivity contribution is 5.94. The molecule has 5 nitrogen and oxygen atoms in total. The number of hydrogen-bond acceptors (Lipinski definition) is 4. The fourth-order valence-electron chi connectivity index (χ4n) is 2.12. The van der Waals surface area contributed by atoms with Crippen molar-refractivity contribution in [2.45, 2.75) is 52.2 Å². The van der Waals surface area contributed by atoms with Gasteiger partial charge in [-0.05, 0) is 32.4 Å². The van der Waals surface area contributed by atoms with Crippen LogP contribution in [-0.4, -0.2) is 56.0 Å². The molecule has 0 aliphatic carbocycles. The summed E-state index contributed by atoms with van der Waals surface area (Å²) in [5.74, 6) is -0.203. The van der Waals surface area contributed by atoms with Crippen molar-refractivity contribution in [2.24, 2.45) is 5.41 Å². The van der Waals surface area contributed by atoms with Crippen molar-refractivity contribution in [3.63, 3.8) is 0 Å². The van der Waals surface area contributed by atoms with Gasteiger partial charge in [0.2, 0.25) is 5.91 Å². The van der Waals surface area contributed by atoms with Gasteiger partial charge in [-0.1, -0.05) is 27.2 Å². The molecule has 1 amide bonds. The molecule has 1 radical (unpaired) electrons. The first-order chi connectivity index (χ1) is 9.75. The molecule has 1 saturated heterocycles. The maximum atomic E-state index is 12.0. The van der Waals surface area contributed by atoms with E-state index in [9.17, 15) is 9.59 Å². The monoisotopic (exact) mass is 297 g/mol. The van der Waals surface area contributed by atoms with Gasteiger partial charge >= 0.3 is 0 Å². The molecule has 0 aromatic carbocycles. The minimum Gasteiger partial charge on any atom is -0.368 e. The number of nitrogens with one attached hydrogen (secondary N) is 1. The van der Waals surface area contributed by atoms with Crippen LogP contribution in [0.3, 0.4) is 0 Å². The van der Waals surface area contributed by atoms with Crippen molar-refractivity contribution in [1.82, 2.24) is 10.2 Å². The van der Waals surface area contributed by atoms with Crippen LogP contribution in [0.5, 0.6) is 0 Å². The molecule has 0 aromatic rings. The van der Waals surface area contributed by atoms with Crippen molar-refractivity contribution < 1.29 is 14.3 Å². The Morgan fingerprint density at radius 3 is 2.71 bits per heavy atom.